The van der Waals surface area contributed by atoms with Gasteiger partial charge in [-0.2, -0.15) is 10.2 Å². The molecular formula is C25H22N4O4S. The number of furan rings is 1. The van der Waals surface area contributed by atoms with Crippen molar-refractivity contribution >= 4 is 23.1 Å². The van der Waals surface area contributed by atoms with Crippen molar-refractivity contribution in [1.82, 2.24) is 9.88 Å². The Labute approximate surface area is 200 Å². The van der Waals surface area contributed by atoms with Crippen molar-refractivity contribution in [2.24, 2.45) is 0 Å². The van der Waals surface area contributed by atoms with Crippen molar-refractivity contribution in [2.75, 3.05) is 31.1 Å². The predicted octanol–water partition coefficient (Wildman–Crippen LogP) is 4.72. The lowest BCUT2D eigenvalue weighted by Gasteiger charge is -2.34. The number of hydrogen-bond donors (Lipinski definition) is 0. The summed E-state index contributed by atoms with van der Waals surface area (Å²) in [5.41, 5.74) is 1.36. The van der Waals surface area contributed by atoms with E-state index >= 15 is 0 Å². The highest BCUT2D eigenvalue weighted by Gasteiger charge is 2.28. The van der Waals surface area contributed by atoms with E-state index in [9.17, 15) is 10.1 Å². The van der Waals surface area contributed by atoms with E-state index in [1.807, 2.05) is 58.5 Å². The number of piperazine rings is 1. The lowest BCUT2D eigenvalue weighted by Crippen LogP contribution is -2.48. The lowest BCUT2D eigenvalue weighted by atomic mass is 10.2. The van der Waals surface area contributed by atoms with Crippen LogP contribution < -0.4 is 9.64 Å². The van der Waals surface area contributed by atoms with Gasteiger partial charge in [0, 0.05) is 26.2 Å². The number of aromatic nitrogens is 1. The monoisotopic (exact) mass is 474 g/mol. The van der Waals surface area contributed by atoms with E-state index in [1.165, 1.54) is 11.3 Å². The summed E-state index contributed by atoms with van der Waals surface area (Å²) in [6.45, 7) is 4.47. The number of amides is 1. The van der Waals surface area contributed by atoms with Crippen LogP contribution in [0.4, 0.5) is 5.88 Å². The van der Waals surface area contributed by atoms with Gasteiger partial charge in [-0.05, 0) is 42.6 Å². The number of benzene rings is 1. The van der Waals surface area contributed by atoms with Crippen LogP contribution >= 0.6 is 11.3 Å². The largest absolute Gasteiger partial charge is 0.486 e. The minimum Gasteiger partial charge on any atom is -0.486 e. The fourth-order valence-corrected chi connectivity index (χ4v) is 4.42. The van der Waals surface area contributed by atoms with E-state index in [1.54, 1.807) is 12.1 Å². The van der Waals surface area contributed by atoms with Crippen molar-refractivity contribution in [3.8, 4) is 23.5 Å². The Morgan fingerprint density at radius 3 is 2.62 bits per heavy atom. The smallest absolute Gasteiger partial charge is 0.266 e. The zero-order chi connectivity index (χ0) is 23.5. The number of nitrogens with zero attached hydrogens (tertiary/aromatic N) is 4. The van der Waals surface area contributed by atoms with Crippen molar-refractivity contribution in [3.63, 3.8) is 0 Å². The average molecular weight is 475 g/mol. The number of anilines is 1. The number of nitriles is 1. The van der Waals surface area contributed by atoms with Gasteiger partial charge >= 0.3 is 0 Å². The van der Waals surface area contributed by atoms with Crippen LogP contribution in [0.3, 0.4) is 0 Å². The molecule has 1 fully saturated rings. The minimum atomic E-state index is 0.0318. The topological polar surface area (TPSA) is 95.7 Å². The molecule has 1 saturated heterocycles. The van der Waals surface area contributed by atoms with Gasteiger partial charge in [-0.1, -0.05) is 23.8 Å². The van der Waals surface area contributed by atoms with Gasteiger partial charge in [0.1, 0.15) is 24.2 Å². The van der Waals surface area contributed by atoms with E-state index < -0.39 is 0 Å². The molecule has 1 aromatic carbocycles. The van der Waals surface area contributed by atoms with Gasteiger partial charge in [-0.25, -0.2) is 0 Å². The third kappa shape index (κ3) is 4.54. The molecule has 8 nitrogen and oxygen atoms in total. The number of oxazole rings is 1. The SMILES string of the molecule is Cc1ccc(OCc2ccc(-c3nc(C#N)c(N4CCN(C(=O)c5cccs5)CC4)o3)o2)cc1. The molecule has 1 aliphatic rings. The Morgan fingerprint density at radius 2 is 1.91 bits per heavy atom. The highest BCUT2D eigenvalue weighted by Crippen LogP contribution is 2.30. The number of thiophene rings is 1. The number of aryl methyl sites for hydroxylation is 1. The van der Waals surface area contributed by atoms with Crippen molar-refractivity contribution in [3.05, 3.63) is 75.8 Å². The summed E-state index contributed by atoms with van der Waals surface area (Å²) in [4.78, 5) is 21.4. The highest BCUT2D eigenvalue weighted by molar-refractivity contribution is 7.12. The molecule has 0 unspecified atom stereocenters. The first-order valence-electron chi connectivity index (χ1n) is 10.9. The van der Waals surface area contributed by atoms with Gasteiger partial charge in [-0.15, -0.1) is 11.3 Å². The maximum Gasteiger partial charge on any atom is 0.266 e. The third-order valence-corrected chi connectivity index (χ3v) is 6.43. The molecule has 1 amide bonds. The van der Waals surface area contributed by atoms with Crippen LogP contribution in [0.2, 0.25) is 0 Å². The van der Waals surface area contributed by atoms with Gasteiger partial charge < -0.3 is 23.4 Å². The van der Waals surface area contributed by atoms with Gasteiger partial charge in [0.2, 0.25) is 11.6 Å². The fourth-order valence-electron chi connectivity index (χ4n) is 3.73. The normalized spacial score (nSPS) is 13.6. The van der Waals surface area contributed by atoms with Crippen molar-refractivity contribution < 1.29 is 18.4 Å². The Hall–Kier alpha value is -4.03. The number of rotatable bonds is 6. The van der Waals surface area contributed by atoms with Crippen LogP contribution in [0.1, 0.15) is 26.7 Å². The van der Waals surface area contributed by atoms with E-state index in [0.29, 0.717) is 43.6 Å². The molecule has 0 spiro atoms. The first-order valence-corrected chi connectivity index (χ1v) is 11.8. The van der Waals surface area contributed by atoms with E-state index in [4.69, 9.17) is 13.6 Å². The molecule has 0 aliphatic carbocycles. The maximum atomic E-state index is 12.6. The summed E-state index contributed by atoms with van der Waals surface area (Å²) in [6.07, 6.45) is 0. The van der Waals surface area contributed by atoms with E-state index in [0.717, 1.165) is 16.2 Å². The zero-order valence-electron chi connectivity index (χ0n) is 18.6. The Kier molecular flexibility index (Phi) is 6.06. The second kappa shape index (κ2) is 9.45. The van der Waals surface area contributed by atoms with Crippen molar-refractivity contribution in [2.45, 2.75) is 13.5 Å². The number of carbonyl (C=O) groups excluding carboxylic acids is 1. The molecule has 0 saturated carbocycles. The summed E-state index contributed by atoms with van der Waals surface area (Å²) in [5.74, 6) is 2.47. The zero-order valence-corrected chi connectivity index (χ0v) is 19.4. The molecule has 5 rings (SSSR count). The van der Waals surface area contributed by atoms with Gasteiger partial charge in [0.15, 0.2) is 5.76 Å². The molecule has 4 heterocycles. The van der Waals surface area contributed by atoms with Crippen LogP contribution in [-0.2, 0) is 6.61 Å². The van der Waals surface area contributed by atoms with E-state index in [2.05, 4.69) is 11.1 Å². The number of carbonyl (C=O) groups is 1. The summed E-state index contributed by atoms with van der Waals surface area (Å²) in [7, 11) is 0. The molecule has 34 heavy (non-hydrogen) atoms. The predicted molar refractivity (Wildman–Crippen MR) is 127 cm³/mol. The molecule has 172 valence electrons. The Bertz CT molecular complexity index is 1310. The van der Waals surface area contributed by atoms with Crippen molar-refractivity contribution in [1.29, 1.82) is 5.26 Å². The standard InChI is InChI=1S/C25H22N4O4S/c1-17-4-6-18(7-5-17)31-16-19-8-9-21(32-19)23-27-20(15-26)25(33-23)29-12-10-28(11-13-29)24(30)22-3-2-14-34-22/h2-9,14H,10-13,16H2,1H3. The highest BCUT2D eigenvalue weighted by atomic mass is 32.1. The van der Waals surface area contributed by atoms with Crippen LogP contribution in [0.5, 0.6) is 5.75 Å². The average Bonchev–Trinajstić information content (AvgIpc) is 3.64. The molecule has 9 heteroatoms. The number of ether oxygens (including phenoxy) is 1. The first kappa shape index (κ1) is 21.8. The lowest BCUT2D eigenvalue weighted by molar-refractivity contribution is 0.0750. The quantitative estimate of drug-likeness (QED) is 0.399. The molecule has 3 aromatic heterocycles. The number of hydrogen-bond acceptors (Lipinski definition) is 8. The molecule has 0 N–H and O–H groups in total. The summed E-state index contributed by atoms with van der Waals surface area (Å²) >= 11 is 1.44. The van der Waals surface area contributed by atoms with Crippen LogP contribution in [0, 0.1) is 18.3 Å². The second-order valence-electron chi connectivity index (χ2n) is 7.91. The summed E-state index contributed by atoms with van der Waals surface area (Å²) in [5, 5.41) is 11.5. The maximum absolute atomic E-state index is 12.6. The Morgan fingerprint density at radius 1 is 1.12 bits per heavy atom. The van der Waals surface area contributed by atoms with E-state index in [-0.39, 0.29) is 24.1 Å². The summed E-state index contributed by atoms with van der Waals surface area (Å²) in [6, 6.07) is 17.2. The third-order valence-electron chi connectivity index (χ3n) is 5.58. The minimum absolute atomic E-state index is 0.0318. The molecule has 0 atom stereocenters. The molecule has 4 aromatic rings. The van der Waals surface area contributed by atoms with Gasteiger partial charge in [0.05, 0.1) is 4.88 Å². The van der Waals surface area contributed by atoms with Crippen LogP contribution in [0.25, 0.3) is 11.7 Å². The molecule has 1 aliphatic heterocycles. The molecule has 0 bridgehead atoms. The first-order chi connectivity index (χ1) is 16.6. The van der Waals surface area contributed by atoms with Crippen LogP contribution in [-0.4, -0.2) is 42.0 Å². The molecular weight excluding hydrogens is 452 g/mol. The van der Waals surface area contributed by atoms with Crippen LogP contribution in [0.15, 0.2) is 62.7 Å². The van der Waals surface area contributed by atoms with Gasteiger partial charge in [-0.3, -0.25) is 4.79 Å². The Balaban J connectivity index is 1.25. The molecule has 0 radical (unpaired) electrons. The summed E-state index contributed by atoms with van der Waals surface area (Å²) < 4.78 is 17.5. The van der Waals surface area contributed by atoms with Gasteiger partial charge in [0.25, 0.3) is 11.8 Å². The second-order valence-corrected chi connectivity index (χ2v) is 8.86. The fraction of sp³-hybridized carbons (Fsp3) is 0.240.